The molecule has 0 spiro atoms. The van der Waals surface area contributed by atoms with Crippen LogP contribution >= 0.6 is 0 Å². The summed E-state index contributed by atoms with van der Waals surface area (Å²) in [6.45, 7) is 6.48. The molecule has 0 aliphatic rings. The number of furan rings is 1. The van der Waals surface area contributed by atoms with Gasteiger partial charge in [0.1, 0.15) is 5.76 Å². The Morgan fingerprint density at radius 1 is 1.22 bits per heavy atom. The maximum Gasteiger partial charge on any atom is 0.103 e. The second-order valence-electron chi connectivity index (χ2n) is 4.98. The fourth-order valence-corrected chi connectivity index (χ4v) is 2.04. The van der Waals surface area contributed by atoms with Crippen LogP contribution in [0.3, 0.4) is 0 Å². The fourth-order valence-electron chi connectivity index (χ4n) is 2.04. The van der Waals surface area contributed by atoms with E-state index in [1.807, 2.05) is 12.1 Å². The van der Waals surface area contributed by atoms with E-state index in [1.165, 1.54) is 16.8 Å². The summed E-state index contributed by atoms with van der Waals surface area (Å²) in [5.74, 6) is 1.06. The Labute approximate surface area is 109 Å². The third-order valence-electron chi connectivity index (χ3n) is 3.20. The van der Waals surface area contributed by atoms with Crippen LogP contribution in [0.25, 0.3) is 0 Å². The first-order valence-electron chi connectivity index (χ1n) is 6.51. The molecule has 0 fully saturated rings. The first-order chi connectivity index (χ1) is 8.65. The van der Waals surface area contributed by atoms with Gasteiger partial charge in [-0.3, -0.25) is 0 Å². The van der Waals surface area contributed by atoms with Crippen LogP contribution in [0.4, 0.5) is 5.69 Å². The highest BCUT2D eigenvalue weighted by atomic mass is 16.3. The van der Waals surface area contributed by atoms with Crippen LogP contribution in [0.15, 0.2) is 41.0 Å². The van der Waals surface area contributed by atoms with Crippen LogP contribution in [-0.2, 0) is 6.42 Å². The van der Waals surface area contributed by atoms with E-state index in [0.29, 0.717) is 6.04 Å². The lowest BCUT2D eigenvalue weighted by molar-refractivity contribution is 0.495. The van der Waals surface area contributed by atoms with Crippen molar-refractivity contribution in [2.45, 2.75) is 39.7 Å². The zero-order valence-electron chi connectivity index (χ0n) is 11.4. The summed E-state index contributed by atoms with van der Waals surface area (Å²) >= 11 is 0. The van der Waals surface area contributed by atoms with Crippen LogP contribution in [0, 0.1) is 13.8 Å². The van der Waals surface area contributed by atoms with Crippen LogP contribution < -0.4 is 5.32 Å². The SMILES string of the molecule is Cc1ccc(C)c(NC(C)CCc2ccco2)c1. The van der Waals surface area contributed by atoms with E-state index in [0.717, 1.165) is 18.6 Å². The van der Waals surface area contributed by atoms with Crippen LogP contribution in [0.2, 0.25) is 0 Å². The van der Waals surface area contributed by atoms with E-state index in [4.69, 9.17) is 4.42 Å². The first-order valence-corrected chi connectivity index (χ1v) is 6.51. The Morgan fingerprint density at radius 3 is 2.78 bits per heavy atom. The van der Waals surface area contributed by atoms with Gasteiger partial charge in [0, 0.05) is 18.2 Å². The predicted octanol–water partition coefficient (Wildman–Crippen LogP) is 4.33. The van der Waals surface area contributed by atoms with E-state index in [1.54, 1.807) is 6.26 Å². The van der Waals surface area contributed by atoms with Crippen molar-refractivity contribution in [1.82, 2.24) is 0 Å². The molecule has 1 N–H and O–H groups in total. The van der Waals surface area contributed by atoms with Gasteiger partial charge in [-0.1, -0.05) is 12.1 Å². The van der Waals surface area contributed by atoms with E-state index in [-0.39, 0.29) is 0 Å². The number of rotatable bonds is 5. The Balaban J connectivity index is 1.90. The molecule has 18 heavy (non-hydrogen) atoms. The topological polar surface area (TPSA) is 25.2 Å². The Kier molecular flexibility index (Phi) is 4.08. The van der Waals surface area contributed by atoms with Crippen LogP contribution in [-0.4, -0.2) is 6.04 Å². The molecule has 1 atom stereocenters. The summed E-state index contributed by atoms with van der Waals surface area (Å²) < 4.78 is 5.35. The lowest BCUT2D eigenvalue weighted by Gasteiger charge is -2.17. The molecule has 0 bridgehead atoms. The molecule has 0 saturated carbocycles. The van der Waals surface area contributed by atoms with E-state index >= 15 is 0 Å². The number of aryl methyl sites for hydroxylation is 3. The standard InChI is InChI=1S/C16H21NO/c1-12-6-7-13(2)16(11-12)17-14(3)8-9-15-5-4-10-18-15/h4-7,10-11,14,17H,8-9H2,1-3H3. The molecule has 0 saturated heterocycles. The maximum absolute atomic E-state index is 5.35. The molecule has 96 valence electrons. The first kappa shape index (κ1) is 12.7. The van der Waals surface area contributed by atoms with Crippen LogP contribution in [0.5, 0.6) is 0 Å². The number of anilines is 1. The molecule has 0 amide bonds. The van der Waals surface area contributed by atoms with Crippen molar-refractivity contribution >= 4 is 5.69 Å². The van der Waals surface area contributed by atoms with Crippen LogP contribution in [0.1, 0.15) is 30.2 Å². The average molecular weight is 243 g/mol. The van der Waals surface area contributed by atoms with Crippen molar-refractivity contribution in [1.29, 1.82) is 0 Å². The van der Waals surface area contributed by atoms with Gasteiger partial charge in [0.15, 0.2) is 0 Å². The van der Waals surface area contributed by atoms with Crippen molar-refractivity contribution in [3.63, 3.8) is 0 Å². The highest BCUT2D eigenvalue weighted by Crippen LogP contribution is 2.18. The second-order valence-corrected chi connectivity index (χ2v) is 4.98. The molecular weight excluding hydrogens is 222 g/mol. The number of nitrogens with one attached hydrogen (secondary N) is 1. The summed E-state index contributed by atoms with van der Waals surface area (Å²) in [6, 6.07) is 10.9. The third kappa shape index (κ3) is 3.39. The fraction of sp³-hybridized carbons (Fsp3) is 0.375. The summed E-state index contributed by atoms with van der Waals surface area (Å²) in [4.78, 5) is 0. The largest absolute Gasteiger partial charge is 0.469 e. The number of hydrogen-bond acceptors (Lipinski definition) is 2. The molecule has 1 heterocycles. The van der Waals surface area contributed by atoms with Gasteiger partial charge in [0.25, 0.3) is 0 Å². The third-order valence-corrected chi connectivity index (χ3v) is 3.20. The summed E-state index contributed by atoms with van der Waals surface area (Å²) in [5.41, 5.74) is 3.83. The summed E-state index contributed by atoms with van der Waals surface area (Å²) in [5, 5.41) is 3.57. The smallest absolute Gasteiger partial charge is 0.103 e. The molecule has 1 unspecified atom stereocenters. The van der Waals surface area contributed by atoms with Crippen molar-refractivity contribution in [3.8, 4) is 0 Å². The van der Waals surface area contributed by atoms with Gasteiger partial charge in [0.05, 0.1) is 6.26 Å². The molecular formula is C16H21NO. The van der Waals surface area contributed by atoms with E-state index in [9.17, 15) is 0 Å². The van der Waals surface area contributed by atoms with Crippen molar-refractivity contribution < 1.29 is 4.42 Å². The maximum atomic E-state index is 5.35. The minimum Gasteiger partial charge on any atom is -0.469 e. The summed E-state index contributed by atoms with van der Waals surface area (Å²) in [7, 11) is 0. The normalized spacial score (nSPS) is 12.4. The lowest BCUT2D eigenvalue weighted by Crippen LogP contribution is -2.16. The van der Waals surface area contributed by atoms with Crippen molar-refractivity contribution in [3.05, 3.63) is 53.5 Å². The summed E-state index contributed by atoms with van der Waals surface area (Å²) in [6.07, 6.45) is 3.78. The molecule has 2 aromatic rings. The van der Waals surface area contributed by atoms with Gasteiger partial charge < -0.3 is 9.73 Å². The van der Waals surface area contributed by atoms with E-state index in [2.05, 4.69) is 44.3 Å². The lowest BCUT2D eigenvalue weighted by atomic mass is 10.1. The van der Waals surface area contributed by atoms with Gasteiger partial charge in [-0.25, -0.2) is 0 Å². The number of benzene rings is 1. The number of hydrogen-bond donors (Lipinski definition) is 1. The highest BCUT2D eigenvalue weighted by Gasteiger charge is 2.06. The molecule has 0 aliphatic heterocycles. The quantitative estimate of drug-likeness (QED) is 0.845. The predicted molar refractivity (Wildman–Crippen MR) is 76.0 cm³/mol. The minimum absolute atomic E-state index is 0.440. The molecule has 1 aromatic heterocycles. The van der Waals surface area contributed by atoms with Crippen molar-refractivity contribution in [2.75, 3.05) is 5.32 Å². The zero-order chi connectivity index (χ0) is 13.0. The molecule has 2 nitrogen and oxygen atoms in total. The van der Waals surface area contributed by atoms with Gasteiger partial charge in [-0.2, -0.15) is 0 Å². The van der Waals surface area contributed by atoms with Gasteiger partial charge in [-0.15, -0.1) is 0 Å². The van der Waals surface area contributed by atoms with Gasteiger partial charge >= 0.3 is 0 Å². The molecule has 1 aromatic carbocycles. The molecule has 0 aliphatic carbocycles. The highest BCUT2D eigenvalue weighted by molar-refractivity contribution is 5.53. The Bertz CT molecular complexity index is 488. The Hall–Kier alpha value is -1.70. The monoisotopic (exact) mass is 243 g/mol. The average Bonchev–Trinajstić information content (AvgIpc) is 2.84. The second kappa shape index (κ2) is 5.76. The van der Waals surface area contributed by atoms with Gasteiger partial charge in [0.2, 0.25) is 0 Å². The Morgan fingerprint density at radius 2 is 2.06 bits per heavy atom. The molecule has 2 heteroatoms. The molecule has 0 radical (unpaired) electrons. The van der Waals surface area contributed by atoms with E-state index < -0.39 is 0 Å². The van der Waals surface area contributed by atoms with Gasteiger partial charge in [-0.05, 0) is 56.5 Å². The van der Waals surface area contributed by atoms with Crippen molar-refractivity contribution in [2.24, 2.45) is 0 Å². The zero-order valence-corrected chi connectivity index (χ0v) is 11.4. The minimum atomic E-state index is 0.440. The molecule has 2 rings (SSSR count).